The number of hydrogen-bond donors (Lipinski definition) is 1. The molecular formula is C23H23F3N2O2. The molecule has 0 aromatic heterocycles. The van der Waals surface area contributed by atoms with Crippen LogP contribution in [0.3, 0.4) is 0 Å². The average Bonchev–Trinajstić information content (AvgIpc) is 2.70. The first kappa shape index (κ1) is 23.1. The number of alkyl halides is 3. The lowest BCUT2D eigenvalue weighted by atomic mass is 9.83. The Hall–Kier alpha value is -3.14. The lowest BCUT2D eigenvalue weighted by Crippen LogP contribution is -2.37. The zero-order chi connectivity index (χ0) is 22.5. The summed E-state index contributed by atoms with van der Waals surface area (Å²) in [5, 5.41) is 11.5. The van der Waals surface area contributed by atoms with E-state index >= 15 is 0 Å². The Morgan fingerprint density at radius 2 is 1.47 bits per heavy atom. The number of nitrogens with one attached hydrogen (secondary N) is 1. The largest absolute Gasteiger partial charge is 0.389 e. The van der Waals surface area contributed by atoms with Crippen LogP contribution in [0.25, 0.3) is 0 Å². The second-order valence-corrected chi connectivity index (χ2v) is 7.52. The van der Waals surface area contributed by atoms with Gasteiger partial charge in [0.1, 0.15) is 0 Å². The third-order valence-corrected chi connectivity index (χ3v) is 4.78. The fourth-order valence-electron chi connectivity index (χ4n) is 3.18. The molecule has 2 aromatic rings. The molecule has 1 amide bonds. The number of benzene rings is 2. The smallest absolute Gasteiger partial charge is 0.354 e. The van der Waals surface area contributed by atoms with Crippen LogP contribution in [0, 0.1) is 17.2 Å². The van der Waals surface area contributed by atoms with E-state index in [2.05, 4.69) is 5.32 Å². The molecule has 0 saturated carbocycles. The van der Waals surface area contributed by atoms with Crippen molar-refractivity contribution >= 4 is 11.7 Å². The summed E-state index contributed by atoms with van der Waals surface area (Å²) in [6.07, 6.45) is -5.57. The van der Waals surface area contributed by atoms with Crippen molar-refractivity contribution in [1.82, 2.24) is 5.32 Å². The predicted octanol–water partition coefficient (Wildman–Crippen LogP) is 4.99. The Labute approximate surface area is 173 Å². The number of hydrogen-bond acceptors (Lipinski definition) is 3. The SMILES string of the molecule is CC(C)NC(=O)[C@@H](C)[C@@H](CC(F)(F)F)c1ccc(C(=O)c2ccc(C#N)cc2)cc1. The van der Waals surface area contributed by atoms with E-state index in [0.29, 0.717) is 22.3 Å². The van der Waals surface area contributed by atoms with Crippen LogP contribution in [-0.4, -0.2) is 23.9 Å². The molecule has 30 heavy (non-hydrogen) atoms. The summed E-state index contributed by atoms with van der Waals surface area (Å²) in [5.74, 6) is -2.71. The molecule has 0 radical (unpaired) electrons. The van der Waals surface area contributed by atoms with E-state index in [1.165, 1.54) is 55.5 Å². The van der Waals surface area contributed by atoms with Gasteiger partial charge in [-0.05, 0) is 43.7 Å². The molecular weight excluding hydrogens is 393 g/mol. The van der Waals surface area contributed by atoms with Crippen LogP contribution in [0.15, 0.2) is 48.5 Å². The van der Waals surface area contributed by atoms with Gasteiger partial charge in [0.15, 0.2) is 5.78 Å². The monoisotopic (exact) mass is 416 g/mol. The number of amides is 1. The number of ketones is 1. The third-order valence-electron chi connectivity index (χ3n) is 4.78. The molecule has 2 rings (SSSR count). The predicted molar refractivity (Wildman–Crippen MR) is 107 cm³/mol. The summed E-state index contributed by atoms with van der Waals surface area (Å²) >= 11 is 0. The topological polar surface area (TPSA) is 70.0 Å². The number of carbonyl (C=O) groups is 2. The number of halogens is 3. The van der Waals surface area contributed by atoms with Gasteiger partial charge < -0.3 is 5.32 Å². The minimum atomic E-state index is -4.44. The summed E-state index contributed by atoms with van der Waals surface area (Å²) in [6, 6.07) is 13.7. The van der Waals surface area contributed by atoms with Crippen LogP contribution in [-0.2, 0) is 4.79 Å². The standard InChI is InChI=1S/C23H23F3N2O2/c1-14(2)28-22(30)15(3)20(12-23(24,25)26)17-8-10-19(11-9-17)21(29)18-6-4-16(13-27)5-7-18/h4-11,14-15,20H,12H2,1-3H3,(H,28,30)/t15-,20+/m0/s1. The van der Waals surface area contributed by atoms with Crippen molar-refractivity contribution in [2.45, 2.75) is 45.3 Å². The highest BCUT2D eigenvalue weighted by molar-refractivity contribution is 6.09. The van der Waals surface area contributed by atoms with Crippen molar-refractivity contribution in [3.63, 3.8) is 0 Å². The van der Waals surface area contributed by atoms with Gasteiger partial charge >= 0.3 is 6.18 Å². The summed E-state index contributed by atoms with van der Waals surface area (Å²) in [5.41, 5.74) is 1.45. The summed E-state index contributed by atoms with van der Waals surface area (Å²) in [6.45, 7) is 4.96. The van der Waals surface area contributed by atoms with E-state index in [-0.39, 0.29) is 11.8 Å². The van der Waals surface area contributed by atoms with Crippen LogP contribution < -0.4 is 5.32 Å². The molecule has 0 aliphatic rings. The molecule has 2 atom stereocenters. The number of nitrogens with zero attached hydrogens (tertiary/aromatic N) is 1. The summed E-state index contributed by atoms with van der Waals surface area (Å²) in [7, 11) is 0. The fourth-order valence-corrected chi connectivity index (χ4v) is 3.18. The number of nitriles is 1. The fraction of sp³-hybridized carbons (Fsp3) is 0.348. The van der Waals surface area contributed by atoms with Gasteiger partial charge in [0.25, 0.3) is 0 Å². The Balaban J connectivity index is 2.28. The lowest BCUT2D eigenvalue weighted by molar-refractivity contribution is -0.144. The summed E-state index contributed by atoms with van der Waals surface area (Å²) in [4.78, 5) is 24.9. The van der Waals surface area contributed by atoms with Crippen LogP contribution in [0.4, 0.5) is 13.2 Å². The maximum absolute atomic E-state index is 13.2. The molecule has 0 heterocycles. The quantitative estimate of drug-likeness (QED) is 0.647. The van der Waals surface area contributed by atoms with E-state index in [0.717, 1.165) is 0 Å². The minimum Gasteiger partial charge on any atom is -0.354 e. The second kappa shape index (κ2) is 9.57. The van der Waals surface area contributed by atoms with Gasteiger partial charge in [-0.1, -0.05) is 31.2 Å². The van der Waals surface area contributed by atoms with Gasteiger partial charge in [0.05, 0.1) is 18.1 Å². The molecule has 0 fully saturated rings. The zero-order valence-electron chi connectivity index (χ0n) is 17.0. The van der Waals surface area contributed by atoms with Gasteiger partial charge in [-0.25, -0.2) is 0 Å². The van der Waals surface area contributed by atoms with Crippen LogP contribution in [0.2, 0.25) is 0 Å². The van der Waals surface area contributed by atoms with Crippen LogP contribution >= 0.6 is 0 Å². The number of rotatable bonds is 7. The number of carbonyl (C=O) groups excluding carboxylic acids is 2. The highest BCUT2D eigenvalue weighted by Crippen LogP contribution is 2.36. The first-order valence-electron chi connectivity index (χ1n) is 9.53. The second-order valence-electron chi connectivity index (χ2n) is 7.52. The van der Waals surface area contributed by atoms with E-state index < -0.39 is 30.3 Å². The maximum atomic E-state index is 13.2. The summed E-state index contributed by atoms with van der Waals surface area (Å²) < 4.78 is 39.5. The minimum absolute atomic E-state index is 0.182. The molecule has 4 nitrogen and oxygen atoms in total. The van der Waals surface area contributed by atoms with Gasteiger partial charge in [0, 0.05) is 29.0 Å². The first-order chi connectivity index (χ1) is 14.0. The van der Waals surface area contributed by atoms with Gasteiger partial charge in [-0.15, -0.1) is 0 Å². The van der Waals surface area contributed by atoms with Crippen molar-refractivity contribution in [1.29, 1.82) is 5.26 Å². The first-order valence-corrected chi connectivity index (χ1v) is 9.53. The van der Waals surface area contributed by atoms with Gasteiger partial charge in [-0.3, -0.25) is 9.59 Å². The van der Waals surface area contributed by atoms with Crippen molar-refractivity contribution < 1.29 is 22.8 Å². The molecule has 0 aliphatic carbocycles. The van der Waals surface area contributed by atoms with E-state index in [9.17, 15) is 22.8 Å². The Morgan fingerprint density at radius 3 is 1.90 bits per heavy atom. The molecule has 2 aromatic carbocycles. The molecule has 0 saturated heterocycles. The van der Waals surface area contributed by atoms with Crippen molar-refractivity contribution in [3.05, 3.63) is 70.8 Å². The molecule has 0 spiro atoms. The molecule has 0 bridgehead atoms. The molecule has 158 valence electrons. The van der Waals surface area contributed by atoms with Crippen molar-refractivity contribution in [3.8, 4) is 6.07 Å². The molecule has 0 unspecified atom stereocenters. The normalized spacial score (nSPS) is 13.4. The third kappa shape index (κ3) is 6.18. The van der Waals surface area contributed by atoms with E-state index in [1.807, 2.05) is 6.07 Å². The molecule has 1 N–H and O–H groups in total. The van der Waals surface area contributed by atoms with Gasteiger partial charge in [-0.2, -0.15) is 18.4 Å². The van der Waals surface area contributed by atoms with Crippen LogP contribution in [0.5, 0.6) is 0 Å². The maximum Gasteiger partial charge on any atom is 0.389 e. The van der Waals surface area contributed by atoms with E-state index in [1.54, 1.807) is 13.8 Å². The van der Waals surface area contributed by atoms with Crippen LogP contribution in [0.1, 0.15) is 60.2 Å². The van der Waals surface area contributed by atoms with E-state index in [4.69, 9.17) is 5.26 Å². The van der Waals surface area contributed by atoms with Crippen molar-refractivity contribution in [2.24, 2.45) is 5.92 Å². The average molecular weight is 416 g/mol. The lowest BCUT2D eigenvalue weighted by Gasteiger charge is -2.26. The highest BCUT2D eigenvalue weighted by atomic mass is 19.4. The Bertz CT molecular complexity index is 927. The Morgan fingerprint density at radius 1 is 0.967 bits per heavy atom. The highest BCUT2D eigenvalue weighted by Gasteiger charge is 2.37. The van der Waals surface area contributed by atoms with Gasteiger partial charge in [0.2, 0.25) is 5.91 Å². The molecule has 0 aliphatic heterocycles. The van der Waals surface area contributed by atoms with Crippen molar-refractivity contribution in [2.75, 3.05) is 0 Å². The zero-order valence-corrected chi connectivity index (χ0v) is 17.0. The Kier molecular flexibility index (Phi) is 7.38. The molecule has 7 heteroatoms.